The monoisotopic (exact) mass is 328 g/mol. The van der Waals surface area contributed by atoms with Crippen LogP contribution in [-0.4, -0.2) is 43.2 Å². The second kappa shape index (κ2) is 7.24. The lowest BCUT2D eigenvalue weighted by molar-refractivity contribution is -0.139. The number of fused-ring (bicyclic) bond motifs is 1. The zero-order chi connectivity index (χ0) is 16.4. The minimum atomic E-state index is 0.0432. The molecule has 1 saturated carbocycles. The van der Waals surface area contributed by atoms with Crippen LogP contribution in [0.4, 0.5) is 0 Å². The first-order chi connectivity index (χ1) is 11.8. The summed E-state index contributed by atoms with van der Waals surface area (Å²) in [6, 6.07) is 10.7. The molecule has 0 unspecified atom stereocenters. The van der Waals surface area contributed by atoms with Crippen molar-refractivity contribution in [3.63, 3.8) is 0 Å². The first kappa shape index (κ1) is 16.1. The van der Waals surface area contributed by atoms with E-state index in [0.717, 1.165) is 44.9 Å². The maximum atomic E-state index is 12.4. The summed E-state index contributed by atoms with van der Waals surface area (Å²) in [6.45, 7) is 4.61. The first-order valence-corrected chi connectivity index (χ1v) is 9.43. The van der Waals surface area contributed by atoms with Crippen molar-refractivity contribution in [1.29, 1.82) is 0 Å². The molecule has 3 aliphatic rings. The van der Waals surface area contributed by atoms with E-state index in [-0.39, 0.29) is 11.8 Å². The quantitative estimate of drug-likeness (QED) is 0.903. The molecule has 2 heterocycles. The van der Waals surface area contributed by atoms with Crippen LogP contribution in [0.25, 0.3) is 0 Å². The normalized spacial score (nSPS) is 30.6. The van der Waals surface area contributed by atoms with Gasteiger partial charge in [0.15, 0.2) is 0 Å². The van der Waals surface area contributed by atoms with Gasteiger partial charge in [-0.2, -0.15) is 0 Å². The molecule has 130 valence electrons. The van der Waals surface area contributed by atoms with Gasteiger partial charge >= 0.3 is 0 Å². The van der Waals surface area contributed by atoms with Crippen LogP contribution in [0.15, 0.2) is 30.3 Å². The molecule has 0 aromatic heterocycles. The third-order valence-corrected chi connectivity index (χ3v) is 5.73. The van der Waals surface area contributed by atoms with Gasteiger partial charge in [0.1, 0.15) is 0 Å². The van der Waals surface area contributed by atoms with Gasteiger partial charge in [-0.1, -0.05) is 30.3 Å². The first-order valence-electron chi connectivity index (χ1n) is 9.43. The summed E-state index contributed by atoms with van der Waals surface area (Å²) < 4.78 is 6.05. The van der Waals surface area contributed by atoms with E-state index >= 15 is 0 Å². The molecule has 2 saturated heterocycles. The third-order valence-electron chi connectivity index (χ3n) is 5.73. The minimum absolute atomic E-state index is 0.0432. The van der Waals surface area contributed by atoms with Gasteiger partial charge in [0.05, 0.1) is 18.6 Å². The molecule has 4 nitrogen and oxygen atoms in total. The summed E-state index contributed by atoms with van der Waals surface area (Å²) in [7, 11) is 0. The fourth-order valence-corrected chi connectivity index (χ4v) is 4.08. The molecule has 4 rings (SSSR count). The second-order valence-electron chi connectivity index (χ2n) is 7.76. The maximum Gasteiger partial charge on any atom is 0.225 e. The number of likely N-dealkylation sites (tertiary alicyclic amines) is 1. The van der Waals surface area contributed by atoms with E-state index in [1.807, 2.05) is 0 Å². The summed E-state index contributed by atoms with van der Waals surface area (Å²) in [5, 5.41) is 3.13. The van der Waals surface area contributed by atoms with Crippen LogP contribution in [-0.2, 0) is 16.1 Å². The number of carbonyl (C=O) groups is 1. The van der Waals surface area contributed by atoms with Gasteiger partial charge in [0.25, 0.3) is 0 Å². The Labute approximate surface area is 144 Å². The summed E-state index contributed by atoms with van der Waals surface area (Å²) in [4.78, 5) is 14.9. The van der Waals surface area contributed by atoms with Crippen molar-refractivity contribution in [3.8, 4) is 0 Å². The Morgan fingerprint density at radius 3 is 2.83 bits per heavy atom. The van der Waals surface area contributed by atoms with Crippen LogP contribution < -0.4 is 5.32 Å². The number of ether oxygens (including phenoxy) is 1. The van der Waals surface area contributed by atoms with Crippen molar-refractivity contribution < 1.29 is 9.53 Å². The number of nitrogens with one attached hydrogen (secondary N) is 1. The molecule has 3 fully saturated rings. The lowest BCUT2D eigenvalue weighted by atomic mass is 9.83. The average Bonchev–Trinajstić information content (AvgIpc) is 3.44. The summed E-state index contributed by atoms with van der Waals surface area (Å²) in [5.41, 5.74) is 1.37. The zero-order valence-electron chi connectivity index (χ0n) is 14.3. The van der Waals surface area contributed by atoms with Crippen molar-refractivity contribution in [3.05, 3.63) is 35.9 Å². The van der Waals surface area contributed by atoms with Gasteiger partial charge in [0, 0.05) is 26.2 Å². The molecule has 1 aromatic rings. The fourth-order valence-electron chi connectivity index (χ4n) is 4.08. The Morgan fingerprint density at radius 2 is 2.04 bits per heavy atom. The Morgan fingerprint density at radius 1 is 1.21 bits per heavy atom. The third kappa shape index (κ3) is 3.98. The number of benzene rings is 1. The predicted molar refractivity (Wildman–Crippen MR) is 93.4 cm³/mol. The number of amides is 1. The number of rotatable bonds is 5. The predicted octanol–water partition coefficient (Wildman–Crippen LogP) is 2.44. The number of piperidine rings is 1. The molecule has 1 N–H and O–H groups in total. The zero-order valence-corrected chi connectivity index (χ0v) is 14.3. The minimum Gasteiger partial charge on any atom is -0.377 e. The summed E-state index contributed by atoms with van der Waals surface area (Å²) in [5.74, 6) is 1.48. The smallest absolute Gasteiger partial charge is 0.225 e. The van der Waals surface area contributed by atoms with Crippen LogP contribution in [0.1, 0.15) is 31.2 Å². The average molecular weight is 328 g/mol. The van der Waals surface area contributed by atoms with Gasteiger partial charge in [-0.05, 0) is 43.1 Å². The van der Waals surface area contributed by atoms with Gasteiger partial charge < -0.3 is 10.1 Å². The molecule has 0 spiro atoms. The molecule has 1 aliphatic carbocycles. The Bertz CT molecular complexity index is 558. The van der Waals surface area contributed by atoms with Crippen LogP contribution in [0.5, 0.6) is 0 Å². The van der Waals surface area contributed by atoms with Gasteiger partial charge in [-0.15, -0.1) is 0 Å². The standard InChI is InChI=1S/C20H28N2O2/c23-20(21-11-15-6-7-15)18-10-17-13-22(9-8-19(17)24-14-18)12-16-4-2-1-3-5-16/h1-5,15,17-19H,6-14H2,(H,21,23)/t17-,18-,19+/m1/s1. The lowest BCUT2D eigenvalue weighted by Gasteiger charge is -2.43. The van der Waals surface area contributed by atoms with Crippen molar-refractivity contribution in [2.45, 2.75) is 38.3 Å². The van der Waals surface area contributed by atoms with Crippen molar-refractivity contribution >= 4 is 5.91 Å². The highest BCUT2D eigenvalue weighted by Crippen LogP contribution is 2.32. The molecule has 2 aliphatic heterocycles. The highest BCUT2D eigenvalue weighted by atomic mass is 16.5. The molecule has 3 atom stereocenters. The number of hydrogen-bond donors (Lipinski definition) is 1. The molecule has 1 aromatic carbocycles. The number of nitrogens with zero attached hydrogens (tertiary/aromatic N) is 1. The Hall–Kier alpha value is -1.39. The topological polar surface area (TPSA) is 41.6 Å². The Balaban J connectivity index is 1.30. The van der Waals surface area contributed by atoms with E-state index in [2.05, 4.69) is 40.5 Å². The van der Waals surface area contributed by atoms with Gasteiger partial charge in [-0.3, -0.25) is 9.69 Å². The van der Waals surface area contributed by atoms with E-state index in [0.29, 0.717) is 18.6 Å². The van der Waals surface area contributed by atoms with E-state index in [4.69, 9.17) is 4.74 Å². The highest BCUT2D eigenvalue weighted by Gasteiger charge is 2.38. The van der Waals surface area contributed by atoms with E-state index < -0.39 is 0 Å². The van der Waals surface area contributed by atoms with E-state index in [1.165, 1.54) is 18.4 Å². The highest BCUT2D eigenvalue weighted by molar-refractivity contribution is 5.78. The largest absolute Gasteiger partial charge is 0.377 e. The number of hydrogen-bond acceptors (Lipinski definition) is 3. The van der Waals surface area contributed by atoms with Gasteiger partial charge in [0.2, 0.25) is 5.91 Å². The van der Waals surface area contributed by atoms with Crippen LogP contribution >= 0.6 is 0 Å². The van der Waals surface area contributed by atoms with E-state index in [1.54, 1.807) is 0 Å². The number of carbonyl (C=O) groups excluding carboxylic acids is 1. The molecule has 0 bridgehead atoms. The molecule has 0 radical (unpaired) electrons. The second-order valence-corrected chi connectivity index (χ2v) is 7.76. The Kier molecular flexibility index (Phi) is 4.86. The van der Waals surface area contributed by atoms with Crippen LogP contribution in [0.3, 0.4) is 0 Å². The fraction of sp³-hybridized carbons (Fsp3) is 0.650. The SMILES string of the molecule is O=C(NCC1CC1)[C@H]1CO[C@H]2CCN(Cc3ccccc3)C[C@H]2C1. The summed E-state index contributed by atoms with van der Waals surface area (Å²) in [6.07, 6.45) is 4.98. The lowest BCUT2D eigenvalue weighted by Crippen LogP contribution is -2.50. The van der Waals surface area contributed by atoms with Crippen molar-refractivity contribution in [2.75, 3.05) is 26.2 Å². The molecule has 1 amide bonds. The molecular weight excluding hydrogens is 300 g/mol. The van der Waals surface area contributed by atoms with Gasteiger partial charge in [-0.25, -0.2) is 0 Å². The van der Waals surface area contributed by atoms with Crippen molar-refractivity contribution in [1.82, 2.24) is 10.2 Å². The van der Waals surface area contributed by atoms with Crippen molar-refractivity contribution in [2.24, 2.45) is 17.8 Å². The molecular formula is C20H28N2O2. The molecule has 24 heavy (non-hydrogen) atoms. The summed E-state index contributed by atoms with van der Waals surface area (Å²) >= 11 is 0. The molecule has 4 heteroatoms. The van der Waals surface area contributed by atoms with Crippen LogP contribution in [0.2, 0.25) is 0 Å². The maximum absolute atomic E-state index is 12.4. The van der Waals surface area contributed by atoms with Crippen LogP contribution in [0, 0.1) is 17.8 Å². The van der Waals surface area contributed by atoms with E-state index in [9.17, 15) is 4.79 Å².